The van der Waals surface area contributed by atoms with Gasteiger partial charge in [0.05, 0.1) is 0 Å². The van der Waals surface area contributed by atoms with Gasteiger partial charge in [0.2, 0.25) is 0 Å². The fraction of sp³-hybridized carbons (Fsp3) is 0. The Labute approximate surface area is 62.5 Å². The topological polar surface area (TPSA) is 0 Å². The van der Waals surface area contributed by atoms with Gasteiger partial charge in [0.15, 0.2) is 0 Å². The van der Waals surface area contributed by atoms with Gasteiger partial charge in [-0.25, -0.2) is 0 Å². The first-order chi connectivity index (χ1) is 1.41. The van der Waals surface area contributed by atoms with Crippen molar-refractivity contribution in [1.29, 1.82) is 0 Å². The van der Waals surface area contributed by atoms with Crippen molar-refractivity contribution in [2.75, 3.05) is 0 Å². The van der Waals surface area contributed by atoms with Crippen molar-refractivity contribution >= 4 is 63.2 Å². The first-order valence-corrected chi connectivity index (χ1v) is 3.46. The summed E-state index contributed by atoms with van der Waals surface area (Å²) in [5.74, 6) is 0. The summed E-state index contributed by atoms with van der Waals surface area (Å²) in [4.78, 5) is 0. The van der Waals surface area contributed by atoms with Crippen molar-refractivity contribution in [1.82, 2.24) is 0 Å². The summed E-state index contributed by atoms with van der Waals surface area (Å²) < 4.78 is 2.19. The first kappa shape index (κ1) is 9.35. The molecule has 0 aromatic heterocycles. The Balaban J connectivity index is 0. The van der Waals surface area contributed by atoms with E-state index >= 15 is 0 Å². The Hall–Kier alpha value is 1.95. The fourth-order valence-corrected chi connectivity index (χ4v) is 0. The van der Waals surface area contributed by atoms with Crippen molar-refractivity contribution in [3.05, 3.63) is 0 Å². The average Bonchev–Trinajstić information content (AvgIpc) is 0.918. The van der Waals surface area contributed by atoms with Gasteiger partial charge in [-0.2, -0.15) is 0 Å². The predicted octanol–water partition coefficient (Wildman–Crippen LogP) is -3.40. The van der Waals surface area contributed by atoms with E-state index in [1.165, 1.54) is 10.1 Å². The second-order valence-electron chi connectivity index (χ2n) is 0.258. The summed E-state index contributed by atoms with van der Waals surface area (Å²) in [6, 6.07) is 0. The third-order valence-electron chi connectivity index (χ3n) is 0. The van der Waals surface area contributed by atoms with Crippen molar-refractivity contribution in [2.45, 2.75) is 0 Å². The van der Waals surface area contributed by atoms with Gasteiger partial charge in [0.1, 0.15) is 0 Å². The van der Waals surface area contributed by atoms with E-state index in [4.69, 9.17) is 0 Å². The summed E-state index contributed by atoms with van der Waals surface area (Å²) >= 11 is 1.79. The molecular weight excluding hydrogens is 375 g/mol. The van der Waals surface area contributed by atoms with Gasteiger partial charge in [0.25, 0.3) is 0 Å². The van der Waals surface area contributed by atoms with Gasteiger partial charge in [0, 0.05) is 0 Å². The van der Waals surface area contributed by atoms with Gasteiger partial charge in [-0.3, -0.25) is 0 Å². The third kappa shape index (κ3) is 9.04. The van der Waals surface area contributed by atoms with Crippen LogP contribution in [0.5, 0.6) is 0 Å². The monoisotopic (exact) mass is 385 g/mol. The minimum absolute atomic E-state index is 0. The molecule has 0 aliphatic heterocycles. The van der Waals surface area contributed by atoms with Crippen LogP contribution in [0.25, 0.3) is 0 Å². The molecule has 4 heavy (non-hydrogen) atoms. The zero-order valence-corrected chi connectivity index (χ0v) is 12.8. The van der Waals surface area contributed by atoms with Crippen LogP contribution in [0.2, 0.25) is 0 Å². The van der Waals surface area contributed by atoms with E-state index in [1.54, 1.807) is 22.1 Å². The number of hydrogen-bond acceptors (Lipinski definition) is 0. The van der Waals surface area contributed by atoms with Gasteiger partial charge >= 0.3 is 63.2 Å². The van der Waals surface area contributed by atoms with Crippen molar-refractivity contribution in [3.8, 4) is 0 Å². The molecule has 0 nitrogen and oxygen atoms in total. The molecular formula is H7BBiSiTe. The molecule has 0 saturated heterocycles. The van der Waals surface area contributed by atoms with Crippen LogP contribution in [0.1, 0.15) is 0 Å². The maximum atomic E-state index is 2.19. The van der Waals surface area contributed by atoms with Crippen LogP contribution in [0.15, 0.2) is 0 Å². The summed E-state index contributed by atoms with van der Waals surface area (Å²) in [7, 11) is 1.27. The molecule has 0 bridgehead atoms. The Morgan fingerprint density at radius 2 is 1.75 bits per heavy atom. The molecule has 0 spiro atoms. The van der Waals surface area contributed by atoms with Gasteiger partial charge < -0.3 is 0 Å². The third-order valence-corrected chi connectivity index (χ3v) is 0. The van der Waals surface area contributed by atoms with Gasteiger partial charge in [-0.1, -0.05) is 0 Å². The fourth-order valence-electron chi connectivity index (χ4n) is 0. The molecule has 0 fully saturated rings. The Kier molecular flexibility index (Phi) is 20.7. The van der Waals surface area contributed by atoms with Gasteiger partial charge in [-0.05, 0) is 0 Å². The molecule has 0 amide bonds. The second-order valence-corrected chi connectivity index (χ2v) is 5.20. The molecule has 0 aromatic carbocycles. The molecule has 0 saturated carbocycles. The Morgan fingerprint density at radius 3 is 1.75 bits per heavy atom. The predicted molar refractivity (Wildman–Crippen MR) is 32.8 cm³/mol. The van der Waals surface area contributed by atoms with E-state index in [0.717, 1.165) is 0 Å². The van der Waals surface area contributed by atoms with E-state index in [-0.39, 0.29) is 26.2 Å². The molecule has 25 valence electrons. The number of hydrogen-bond donors (Lipinski definition) is 0. The van der Waals surface area contributed by atoms with Crippen LogP contribution >= 0.6 is 0 Å². The van der Waals surface area contributed by atoms with E-state index < -0.39 is 0 Å². The van der Waals surface area contributed by atoms with Crippen molar-refractivity contribution < 1.29 is 0 Å². The molecule has 1 radical (unpaired) electrons. The molecule has 0 aliphatic rings. The summed E-state index contributed by atoms with van der Waals surface area (Å²) in [5, 5.41) is 0. The van der Waals surface area contributed by atoms with Crippen LogP contribution in [0.3, 0.4) is 0 Å². The quantitative estimate of drug-likeness (QED) is 0.383. The molecule has 0 unspecified atom stereocenters. The standard InChI is InChI=1S/BH4SiTe.Bi.3H/c2-1-3;;;;/h3H,2H3;;;;. The zero-order chi connectivity index (χ0) is 2.71. The van der Waals surface area contributed by atoms with E-state index in [9.17, 15) is 0 Å². The van der Waals surface area contributed by atoms with Crippen LogP contribution in [-0.4, -0.2) is 63.2 Å². The first-order valence-electron chi connectivity index (χ1n) is 0.836. The molecule has 0 rings (SSSR count). The summed E-state index contributed by atoms with van der Waals surface area (Å²) in [5.41, 5.74) is 0. The Morgan fingerprint density at radius 1 is 1.75 bits per heavy atom. The Bertz CT molecular complexity index is 8.00. The van der Waals surface area contributed by atoms with Crippen LogP contribution < -0.4 is 0 Å². The molecule has 0 N–H and O–H groups in total. The summed E-state index contributed by atoms with van der Waals surface area (Å²) in [6.07, 6.45) is 0. The zero-order valence-electron chi connectivity index (χ0n) is 2.73. The molecule has 0 aliphatic carbocycles. The number of rotatable bonds is 0. The summed E-state index contributed by atoms with van der Waals surface area (Å²) in [6.45, 7) is 0. The maximum absolute atomic E-state index is 2.19. The van der Waals surface area contributed by atoms with Crippen molar-refractivity contribution in [3.63, 3.8) is 0 Å². The van der Waals surface area contributed by atoms with Crippen molar-refractivity contribution in [2.24, 2.45) is 0 Å². The van der Waals surface area contributed by atoms with Crippen LogP contribution in [0, 0.1) is 0 Å². The SMILES string of the molecule is [BiH3].[SiH3][B][TeH]. The van der Waals surface area contributed by atoms with E-state index in [0.29, 0.717) is 0 Å². The van der Waals surface area contributed by atoms with E-state index in [1.807, 2.05) is 0 Å². The van der Waals surface area contributed by atoms with Crippen LogP contribution in [0.4, 0.5) is 0 Å². The molecule has 0 aromatic rings. The normalized spacial score (nSPS) is 4.25. The second kappa shape index (κ2) is 8.88. The minimum atomic E-state index is 0. The van der Waals surface area contributed by atoms with Crippen LogP contribution in [-0.2, 0) is 0 Å². The van der Waals surface area contributed by atoms with Gasteiger partial charge in [-0.15, -0.1) is 0 Å². The molecule has 0 atom stereocenters. The molecule has 4 heteroatoms. The average molecular weight is 383 g/mol. The molecule has 0 heterocycles. The van der Waals surface area contributed by atoms with E-state index in [2.05, 4.69) is 4.77 Å².